The van der Waals surface area contributed by atoms with Crippen LogP contribution in [0, 0.1) is 13.8 Å². The van der Waals surface area contributed by atoms with Gasteiger partial charge in [-0.1, -0.05) is 52.7 Å². The van der Waals surface area contributed by atoms with Crippen LogP contribution in [0.25, 0.3) is 15.3 Å². The highest BCUT2D eigenvalue weighted by molar-refractivity contribution is 7.20. The molecule has 0 saturated heterocycles. The van der Waals surface area contributed by atoms with E-state index < -0.39 is 0 Å². The summed E-state index contributed by atoms with van der Waals surface area (Å²) in [7, 11) is 0. The molecule has 0 aliphatic carbocycles. The second-order valence-corrected chi connectivity index (χ2v) is 8.97. The number of amides is 1. The lowest BCUT2D eigenvalue weighted by Gasteiger charge is -2.25. The smallest absolute Gasteiger partial charge is 0.226 e. The van der Waals surface area contributed by atoms with E-state index in [9.17, 15) is 4.79 Å². The second kappa shape index (κ2) is 6.83. The average molecular weight is 443 g/mol. The van der Waals surface area contributed by atoms with Gasteiger partial charge < -0.3 is 5.32 Å². The van der Waals surface area contributed by atoms with Gasteiger partial charge in [0, 0.05) is 17.9 Å². The van der Waals surface area contributed by atoms with Crippen LogP contribution >= 0.6 is 34.5 Å². The van der Waals surface area contributed by atoms with E-state index in [0.29, 0.717) is 27.4 Å². The molecule has 2 aromatic heterocycles. The van der Waals surface area contributed by atoms with Gasteiger partial charge in [0.2, 0.25) is 11.0 Å². The van der Waals surface area contributed by atoms with Crippen LogP contribution in [0.3, 0.4) is 0 Å². The van der Waals surface area contributed by atoms with E-state index in [1.165, 1.54) is 5.56 Å². The van der Waals surface area contributed by atoms with E-state index in [1.54, 1.807) is 22.1 Å². The van der Waals surface area contributed by atoms with Crippen molar-refractivity contribution in [2.45, 2.75) is 26.2 Å². The fourth-order valence-electron chi connectivity index (χ4n) is 3.85. The van der Waals surface area contributed by atoms with Crippen molar-refractivity contribution < 1.29 is 4.79 Å². The summed E-state index contributed by atoms with van der Waals surface area (Å²) in [6, 6.07) is 11.7. The van der Waals surface area contributed by atoms with E-state index in [1.807, 2.05) is 31.2 Å². The predicted molar refractivity (Wildman–Crippen MR) is 118 cm³/mol. The summed E-state index contributed by atoms with van der Waals surface area (Å²) in [5.74, 6) is 0.350. The van der Waals surface area contributed by atoms with Crippen LogP contribution in [-0.2, 0) is 4.79 Å². The average Bonchev–Trinajstić information content (AvgIpc) is 3.24. The van der Waals surface area contributed by atoms with Gasteiger partial charge >= 0.3 is 0 Å². The van der Waals surface area contributed by atoms with Crippen LogP contribution in [0.4, 0.5) is 5.82 Å². The summed E-state index contributed by atoms with van der Waals surface area (Å²) < 4.78 is 2.81. The minimum atomic E-state index is -0.213. The molecule has 1 amide bonds. The third kappa shape index (κ3) is 3.03. The highest BCUT2D eigenvalue weighted by Crippen LogP contribution is 2.44. The molecule has 146 valence electrons. The highest BCUT2D eigenvalue weighted by Gasteiger charge is 2.34. The fourth-order valence-corrected chi connectivity index (χ4v) is 5.31. The van der Waals surface area contributed by atoms with Gasteiger partial charge in [-0.2, -0.15) is 9.78 Å². The molecule has 4 aromatic rings. The third-order valence-electron chi connectivity index (χ3n) is 5.17. The number of aromatic nitrogens is 3. The Morgan fingerprint density at radius 1 is 1.21 bits per heavy atom. The molecule has 0 saturated carbocycles. The maximum Gasteiger partial charge on any atom is 0.226 e. The van der Waals surface area contributed by atoms with Crippen molar-refractivity contribution in [3.63, 3.8) is 0 Å². The number of halogens is 2. The van der Waals surface area contributed by atoms with Gasteiger partial charge in [0.25, 0.3) is 0 Å². The molecular formula is C21H16Cl2N4OS. The van der Waals surface area contributed by atoms with E-state index in [4.69, 9.17) is 33.3 Å². The monoisotopic (exact) mass is 442 g/mol. The quantitative estimate of drug-likeness (QED) is 0.421. The van der Waals surface area contributed by atoms with Gasteiger partial charge in [0.15, 0.2) is 0 Å². The summed E-state index contributed by atoms with van der Waals surface area (Å²) >= 11 is 14.3. The zero-order valence-electron chi connectivity index (χ0n) is 15.7. The molecule has 0 bridgehead atoms. The van der Waals surface area contributed by atoms with E-state index in [0.717, 1.165) is 27.0 Å². The lowest BCUT2D eigenvalue weighted by Crippen LogP contribution is -2.25. The normalized spacial score (nSPS) is 16.1. The molecular weight excluding hydrogens is 427 g/mol. The zero-order valence-corrected chi connectivity index (χ0v) is 18.0. The number of hydrogen-bond donors (Lipinski definition) is 1. The van der Waals surface area contributed by atoms with E-state index in [-0.39, 0.29) is 11.8 Å². The van der Waals surface area contributed by atoms with E-state index >= 15 is 0 Å². The number of carbonyl (C=O) groups is 1. The Bertz CT molecular complexity index is 1290. The Labute approximate surface area is 181 Å². The van der Waals surface area contributed by atoms with Crippen LogP contribution in [0.1, 0.15) is 34.7 Å². The third-order valence-corrected chi connectivity index (χ3v) is 7.00. The fraction of sp³-hybridized carbons (Fsp3) is 0.190. The number of fused-ring (bicyclic) bond motifs is 2. The number of hydrogen-bond acceptors (Lipinski definition) is 4. The topological polar surface area (TPSA) is 59.8 Å². The number of anilines is 1. The van der Waals surface area contributed by atoms with Crippen LogP contribution in [-0.4, -0.2) is 20.7 Å². The minimum absolute atomic E-state index is 0.0864. The van der Waals surface area contributed by atoms with Crippen LogP contribution < -0.4 is 5.32 Å². The minimum Gasteiger partial charge on any atom is -0.310 e. The summed E-state index contributed by atoms with van der Waals surface area (Å²) in [4.78, 5) is 17.3. The van der Waals surface area contributed by atoms with Crippen LogP contribution in [0.15, 0.2) is 36.4 Å². The molecule has 3 heterocycles. The first-order valence-electron chi connectivity index (χ1n) is 9.13. The first-order valence-corrected chi connectivity index (χ1v) is 10.7. The summed E-state index contributed by atoms with van der Waals surface area (Å²) in [6.07, 6.45) is 0.290. The Hall–Kier alpha value is -2.41. The zero-order chi connectivity index (χ0) is 20.3. The molecule has 5 nitrogen and oxygen atoms in total. The highest BCUT2D eigenvalue weighted by atomic mass is 35.5. The van der Waals surface area contributed by atoms with Crippen molar-refractivity contribution in [2.24, 2.45) is 0 Å². The van der Waals surface area contributed by atoms with Crippen molar-refractivity contribution in [3.05, 3.63) is 68.8 Å². The number of rotatable bonds is 2. The molecule has 1 aliphatic heterocycles. The molecule has 1 atom stereocenters. The number of aryl methyl sites for hydroxylation is 2. The maximum absolute atomic E-state index is 12.6. The molecule has 29 heavy (non-hydrogen) atoms. The van der Waals surface area contributed by atoms with Crippen molar-refractivity contribution in [1.82, 2.24) is 14.8 Å². The molecule has 0 spiro atoms. The number of nitrogens with zero attached hydrogens (tertiary/aromatic N) is 3. The predicted octanol–water partition coefficient (Wildman–Crippen LogP) is 5.88. The summed E-state index contributed by atoms with van der Waals surface area (Å²) in [5.41, 5.74) is 4.70. The van der Waals surface area contributed by atoms with Crippen molar-refractivity contribution in [3.8, 4) is 5.13 Å². The van der Waals surface area contributed by atoms with Crippen molar-refractivity contribution in [1.29, 1.82) is 0 Å². The number of nitrogens with one attached hydrogen (secondary N) is 1. The lowest BCUT2D eigenvalue weighted by molar-refractivity contribution is -0.116. The molecule has 1 N–H and O–H groups in total. The molecule has 1 unspecified atom stereocenters. The Morgan fingerprint density at radius 2 is 2.03 bits per heavy atom. The summed E-state index contributed by atoms with van der Waals surface area (Å²) in [6.45, 7) is 3.99. The number of benzene rings is 2. The van der Waals surface area contributed by atoms with Gasteiger partial charge in [0.1, 0.15) is 5.82 Å². The number of thiazole rings is 1. The first-order chi connectivity index (χ1) is 13.9. The van der Waals surface area contributed by atoms with Gasteiger partial charge in [-0.25, -0.2) is 4.98 Å². The van der Waals surface area contributed by atoms with Gasteiger partial charge in [-0.15, -0.1) is 0 Å². The van der Waals surface area contributed by atoms with Crippen LogP contribution in [0.5, 0.6) is 0 Å². The molecule has 0 fully saturated rings. The molecule has 5 rings (SSSR count). The summed E-state index contributed by atoms with van der Waals surface area (Å²) in [5, 5.41) is 9.37. The number of carbonyl (C=O) groups excluding carboxylic acids is 1. The second-order valence-electron chi connectivity index (χ2n) is 7.18. The molecule has 0 radical (unpaired) electrons. The lowest BCUT2D eigenvalue weighted by atomic mass is 9.86. The standard InChI is InChI=1S/C21H16Cl2N4OS/c1-10-6-7-15-16(8-10)29-21(24-15)27-20-18(11(2)26-27)13(9-17(28)25-20)12-4-3-5-14(22)19(12)23/h3-8,13H,9H2,1-2H3,(H,25,28). The molecule has 1 aliphatic rings. The van der Waals surface area contributed by atoms with Crippen molar-refractivity contribution in [2.75, 3.05) is 5.32 Å². The van der Waals surface area contributed by atoms with Crippen molar-refractivity contribution >= 4 is 56.5 Å². The van der Waals surface area contributed by atoms with Gasteiger partial charge in [-0.05, 0) is 43.2 Å². The van der Waals surface area contributed by atoms with E-state index in [2.05, 4.69) is 18.3 Å². The Balaban J connectivity index is 1.69. The van der Waals surface area contributed by atoms with Gasteiger partial charge in [-0.3, -0.25) is 4.79 Å². The van der Waals surface area contributed by atoms with Gasteiger partial charge in [0.05, 0.1) is 26.0 Å². The SMILES string of the molecule is Cc1ccc2nc(-n3nc(C)c4c3NC(=O)CC4c3cccc(Cl)c3Cl)sc2c1. The molecule has 2 aromatic carbocycles. The Kier molecular flexibility index (Phi) is 4.38. The maximum atomic E-state index is 12.6. The molecule has 8 heteroatoms. The van der Waals surface area contributed by atoms with Crippen LogP contribution in [0.2, 0.25) is 10.0 Å². The Morgan fingerprint density at radius 3 is 2.86 bits per heavy atom. The first kappa shape index (κ1) is 18.6. The largest absolute Gasteiger partial charge is 0.310 e.